The van der Waals surface area contributed by atoms with E-state index in [1.54, 1.807) is 7.11 Å². The van der Waals surface area contributed by atoms with Gasteiger partial charge < -0.3 is 14.8 Å². The van der Waals surface area contributed by atoms with Crippen molar-refractivity contribution in [1.82, 2.24) is 0 Å². The van der Waals surface area contributed by atoms with E-state index in [1.807, 2.05) is 85.8 Å². The lowest BCUT2D eigenvalue weighted by molar-refractivity contribution is -0.115. The summed E-state index contributed by atoms with van der Waals surface area (Å²) in [7, 11) is 1.64. The van der Waals surface area contributed by atoms with Crippen LogP contribution in [-0.2, 0) is 4.79 Å². The molecule has 4 nitrogen and oxygen atoms in total. The van der Waals surface area contributed by atoms with E-state index >= 15 is 0 Å². The Hall–Kier alpha value is -2.92. The van der Waals surface area contributed by atoms with Gasteiger partial charge in [-0.3, -0.25) is 4.79 Å². The summed E-state index contributed by atoms with van der Waals surface area (Å²) in [6.07, 6.45) is 0. The summed E-state index contributed by atoms with van der Waals surface area (Å²) in [6, 6.07) is 25.0. The van der Waals surface area contributed by atoms with Gasteiger partial charge in [0.15, 0.2) is 0 Å². The van der Waals surface area contributed by atoms with E-state index in [4.69, 9.17) is 9.47 Å². The first-order chi connectivity index (χ1) is 13.7. The minimum atomic E-state index is -0.399. The van der Waals surface area contributed by atoms with E-state index in [0.717, 1.165) is 16.2 Å². The number of benzene rings is 3. The van der Waals surface area contributed by atoms with Crippen molar-refractivity contribution >= 4 is 23.4 Å². The zero-order valence-electron chi connectivity index (χ0n) is 15.9. The quantitative estimate of drug-likeness (QED) is 0.509. The maximum absolute atomic E-state index is 13.2. The van der Waals surface area contributed by atoms with Gasteiger partial charge in [0.2, 0.25) is 5.91 Å². The molecule has 0 aliphatic carbocycles. The third-order valence-corrected chi connectivity index (χ3v) is 5.36. The normalized spacial score (nSPS) is 11.5. The topological polar surface area (TPSA) is 47.6 Å². The molecule has 0 saturated heterocycles. The van der Waals surface area contributed by atoms with Gasteiger partial charge >= 0.3 is 0 Å². The maximum Gasteiger partial charge on any atom is 0.242 e. The van der Waals surface area contributed by atoms with Crippen LogP contribution in [0.3, 0.4) is 0 Å². The first kappa shape index (κ1) is 19.8. The summed E-state index contributed by atoms with van der Waals surface area (Å²) < 4.78 is 10.9. The molecule has 1 amide bonds. The number of thioether (sulfide) groups is 1. The summed E-state index contributed by atoms with van der Waals surface area (Å²) >= 11 is 1.50. The number of carbonyl (C=O) groups excluding carboxylic acids is 1. The Balaban J connectivity index is 1.85. The smallest absolute Gasteiger partial charge is 0.242 e. The van der Waals surface area contributed by atoms with Gasteiger partial charge in [-0.05, 0) is 48.9 Å². The Bertz CT molecular complexity index is 897. The van der Waals surface area contributed by atoms with Gasteiger partial charge in [0.1, 0.15) is 16.7 Å². The zero-order chi connectivity index (χ0) is 19.8. The minimum Gasteiger partial charge on any atom is -0.497 e. The fourth-order valence-corrected chi connectivity index (χ4v) is 3.77. The lowest BCUT2D eigenvalue weighted by Crippen LogP contribution is -2.19. The molecule has 0 heterocycles. The fraction of sp³-hybridized carbons (Fsp3) is 0.174. The van der Waals surface area contributed by atoms with Gasteiger partial charge in [-0.15, -0.1) is 11.8 Å². The Morgan fingerprint density at radius 2 is 1.64 bits per heavy atom. The molecule has 3 aromatic carbocycles. The molecule has 144 valence electrons. The highest BCUT2D eigenvalue weighted by Crippen LogP contribution is 2.37. The Labute approximate surface area is 169 Å². The lowest BCUT2D eigenvalue weighted by atomic mass is 10.1. The third kappa shape index (κ3) is 5.08. The summed E-state index contributed by atoms with van der Waals surface area (Å²) in [4.78, 5) is 14.2. The van der Waals surface area contributed by atoms with Gasteiger partial charge in [-0.25, -0.2) is 0 Å². The van der Waals surface area contributed by atoms with Crippen LogP contribution in [0.15, 0.2) is 83.8 Å². The Morgan fingerprint density at radius 1 is 0.964 bits per heavy atom. The van der Waals surface area contributed by atoms with Crippen molar-refractivity contribution in [2.24, 2.45) is 0 Å². The van der Waals surface area contributed by atoms with Crippen LogP contribution in [0.25, 0.3) is 0 Å². The molecule has 5 heteroatoms. The van der Waals surface area contributed by atoms with Crippen LogP contribution in [0.4, 0.5) is 5.69 Å². The largest absolute Gasteiger partial charge is 0.497 e. The zero-order valence-corrected chi connectivity index (χ0v) is 16.7. The van der Waals surface area contributed by atoms with Crippen molar-refractivity contribution in [2.75, 3.05) is 19.0 Å². The first-order valence-electron chi connectivity index (χ1n) is 9.09. The molecule has 0 aromatic heterocycles. The molecule has 0 saturated carbocycles. The SMILES string of the molecule is CCOc1ccccc1NC(=O)[C@H](Sc1ccc(OC)cc1)c1ccccc1. The Morgan fingerprint density at radius 3 is 2.32 bits per heavy atom. The molecular formula is C23H23NO3S. The van der Waals surface area contributed by atoms with Gasteiger partial charge in [-0.2, -0.15) is 0 Å². The van der Waals surface area contributed by atoms with Gasteiger partial charge in [0, 0.05) is 4.90 Å². The van der Waals surface area contributed by atoms with Crippen molar-refractivity contribution in [3.8, 4) is 11.5 Å². The highest BCUT2D eigenvalue weighted by atomic mass is 32.2. The molecular weight excluding hydrogens is 370 g/mol. The molecule has 0 aliphatic rings. The number of amides is 1. The standard InChI is InChI=1S/C23H23NO3S/c1-3-27-21-12-8-7-11-20(21)24-23(25)22(17-9-5-4-6-10-17)28-19-15-13-18(26-2)14-16-19/h4-16,22H,3H2,1-2H3,(H,24,25)/t22-/m1/s1. The van der Waals surface area contributed by atoms with Crippen molar-refractivity contribution in [1.29, 1.82) is 0 Å². The van der Waals surface area contributed by atoms with Crippen molar-refractivity contribution in [2.45, 2.75) is 17.1 Å². The van der Waals surface area contributed by atoms with Crippen LogP contribution in [0.2, 0.25) is 0 Å². The van der Waals surface area contributed by atoms with Gasteiger partial charge in [0.25, 0.3) is 0 Å². The number of para-hydroxylation sites is 2. The number of hydrogen-bond acceptors (Lipinski definition) is 4. The number of ether oxygens (including phenoxy) is 2. The predicted molar refractivity (Wildman–Crippen MR) is 114 cm³/mol. The third-order valence-electron chi connectivity index (χ3n) is 4.10. The number of anilines is 1. The van der Waals surface area contributed by atoms with Crippen LogP contribution < -0.4 is 14.8 Å². The summed E-state index contributed by atoms with van der Waals surface area (Å²) in [5.74, 6) is 1.36. The average Bonchev–Trinajstić information content (AvgIpc) is 2.74. The second-order valence-electron chi connectivity index (χ2n) is 6.00. The molecule has 0 spiro atoms. The average molecular weight is 394 g/mol. The van der Waals surface area contributed by atoms with Crippen LogP contribution in [0.1, 0.15) is 17.7 Å². The van der Waals surface area contributed by atoms with Gasteiger partial charge in [-0.1, -0.05) is 42.5 Å². The number of nitrogens with one attached hydrogen (secondary N) is 1. The second-order valence-corrected chi connectivity index (χ2v) is 7.18. The van der Waals surface area contributed by atoms with E-state index in [0.29, 0.717) is 18.0 Å². The molecule has 1 N–H and O–H groups in total. The number of methoxy groups -OCH3 is 1. The second kappa shape index (κ2) is 9.85. The highest BCUT2D eigenvalue weighted by Gasteiger charge is 2.23. The molecule has 0 aliphatic heterocycles. The maximum atomic E-state index is 13.2. The van der Waals surface area contributed by atoms with Crippen LogP contribution >= 0.6 is 11.8 Å². The first-order valence-corrected chi connectivity index (χ1v) is 9.97. The van der Waals surface area contributed by atoms with Crippen molar-refractivity contribution in [3.05, 3.63) is 84.4 Å². The molecule has 0 unspecified atom stereocenters. The highest BCUT2D eigenvalue weighted by molar-refractivity contribution is 8.00. The number of hydrogen-bond donors (Lipinski definition) is 1. The van der Waals surface area contributed by atoms with Gasteiger partial charge in [0.05, 0.1) is 19.4 Å². The van der Waals surface area contributed by atoms with E-state index in [2.05, 4.69) is 5.32 Å². The molecule has 1 atom stereocenters. The lowest BCUT2D eigenvalue weighted by Gasteiger charge is -2.18. The number of rotatable bonds is 8. The van der Waals surface area contributed by atoms with Crippen LogP contribution in [-0.4, -0.2) is 19.6 Å². The number of carbonyl (C=O) groups is 1. The van der Waals surface area contributed by atoms with E-state index in [-0.39, 0.29) is 5.91 Å². The van der Waals surface area contributed by atoms with E-state index in [9.17, 15) is 4.79 Å². The molecule has 3 rings (SSSR count). The van der Waals surface area contributed by atoms with E-state index in [1.165, 1.54) is 11.8 Å². The molecule has 3 aromatic rings. The fourth-order valence-electron chi connectivity index (χ4n) is 2.74. The summed E-state index contributed by atoms with van der Waals surface area (Å²) in [5.41, 5.74) is 1.61. The molecule has 0 radical (unpaired) electrons. The molecule has 28 heavy (non-hydrogen) atoms. The molecule has 0 fully saturated rings. The van der Waals surface area contributed by atoms with Crippen molar-refractivity contribution in [3.63, 3.8) is 0 Å². The monoisotopic (exact) mass is 393 g/mol. The molecule has 0 bridgehead atoms. The van der Waals surface area contributed by atoms with E-state index < -0.39 is 5.25 Å². The van der Waals surface area contributed by atoms with Crippen LogP contribution in [0.5, 0.6) is 11.5 Å². The minimum absolute atomic E-state index is 0.0980. The summed E-state index contributed by atoms with van der Waals surface area (Å²) in [5, 5.41) is 2.63. The summed E-state index contributed by atoms with van der Waals surface area (Å²) in [6.45, 7) is 2.46. The Kier molecular flexibility index (Phi) is 6.98. The van der Waals surface area contributed by atoms with Crippen LogP contribution in [0, 0.1) is 0 Å². The van der Waals surface area contributed by atoms with Crippen molar-refractivity contribution < 1.29 is 14.3 Å². The predicted octanol–water partition coefficient (Wildman–Crippen LogP) is 5.57.